The van der Waals surface area contributed by atoms with Crippen molar-refractivity contribution in [2.24, 2.45) is 0 Å². The van der Waals surface area contributed by atoms with E-state index in [-0.39, 0.29) is 24.9 Å². The van der Waals surface area contributed by atoms with E-state index in [1.165, 1.54) is 7.11 Å². The topological polar surface area (TPSA) is 70.4 Å². The van der Waals surface area contributed by atoms with Gasteiger partial charge in [0, 0.05) is 11.9 Å². The van der Waals surface area contributed by atoms with Gasteiger partial charge in [0.05, 0.1) is 24.6 Å². The first-order valence-corrected chi connectivity index (χ1v) is 7.52. The second-order valence-corrected chi connectivity index (χ2v) is 6.29. The summed E-state index contributed by atoms with van der Waals surface area (Å²) in [7, 11) is 1.36. The van der Waals surface area contributed by atoms with Crippen LogP contribution in [0.1, 0.15) is 32.9 Å². The Morgan fingerprint density at radius 2 is 2.00 bits per heavy atom. The van der Waals surface area contributed by atoms with Crippen LogP contribution < -0.4 is 0 Å². The zero-order valence-electron chi connectivity index (χ0n) is 14.0. The fourth-order valence-corrected chi connectivity index (χ4v) is 2.37. The van der Waals surface area contributed by atoms with Gasteiger partial charge in [-0.05, 0) is 45.4 Å². The number of aromatic nitrogens is 2. The summed E-state index contributed by atoms with van der Waals surface area (Å²) >= 11 is 0. The molecule has 0 N–H and O–H groups in total. The van der Waals surface area contributed by atoms with Crippen molar-refractivity contribution in [3.63, 3.8) is 0 Å². The predicted molar refractivity (Wildman–Crippen MR) is 85.9 cm³/mol. The Kier molecular flexibility index (Phi) is 5.03. The minimum atomic E-state index is -0.537. The zero-order chi connectivity index (χ0) is 17.0. The Labute approximate surface area is 135 Å². The van der Waals surface area contributed by atoms with E-state index in [0.717, 1.165) is 16.7 Å². The Morgan fingerprint density at radius 3 is 2.65 bits per heavy atom. The molecule has 0 aromatic carbocycles. The SMILES string of the molecule is COC(=O)CCc1cc2ncccc2n1CC(=O)OC(C)(C)C. The first kappa shape index (κ1) is 17.0. The number of esters is 2. The number of fused-ring (bicyclic) bond motifs is 1. The lowest BCUT2D eigenvalue weighted by atomic mass is 10.2. The molecule has 6 heteroatoms. The fraction of sp³-hybridized carbons (Fsp3) is 0.471. The van der Waals surface area contributed by atoms with Crippen molar-refractivity contribution in [1.29, 1.82) is 0 Å². The molecular formula is C17H22N2O4. The third-order valence-electron chi connectivity index (χ3n) is 3.28. The van der Waals surface area contributed by atoms with Crippen LogP contribution in [0.2, 0.25) is 0 Å². The number of carbonyl (C=O) groups is 2. The van der Waals surface area contributed by atoms with Crippen LogP contribution in [0.15, 0.2) is 24.4 Å². The van der Waals surface area contributed by atoms with Gasteiger partial charge < -0.3 is 14.0 Å². The van der Waals surface area contributed by atoms with Crippen LogP contribution in [0.3, 0.4) is 0 Å². The van der Waals surface area contributed by atoms with E-state index >= 15 is 0 Å². The number of pyridine rings is 1. The molecule has 0 bridgehead atoms. The highest BCUT2D eigenvalue weighted by molar-refractivity contribution is 5.80. The van der Waals surface area contributed by atoms with Crippen LogP contribution in [-0.4, -0.2) is 34.2 Å². The average molecular weight is 318 g/mol. The summed E-state index contributed by atoms with van der Waals surface area (Å²) in [6.45, 7) is 5.58. The van der Waals surface area contributed by atoms with Crippen LogP contribution >= 0.6 is 0 Å². The molecule has 0 aliphatic rings. The molecule has 124 valence electrons. The second kappa shape index (κ2) is 6.81. The number of aryl methyl sites for hydroxylation is 1. The van der Waals surface area contributed by atoms with Gasteiger partial charge in [0.25, 0.3) is 0 Å². The van der Waals surface area contributed by atoms with Gasteiger partial charge in [0.15, 0.2) is 0 Å². The van der Waals surface area contributed by atoms with Crippen LogP contribution in [-0.2, 0) is 32.0 Å². The Bertz CT molecular complexity index is 713. The molecule has 23 heavy (non-hydrogen) atoms. The first-order chi connectivity index (χ1) is 10.8. The molecule has 0 saturated heterocycles. The number of ether oxygens (including phenoxy) is 2. The van der Waals surface area contributed by atoms with E-state index in [0.29, 0.717) is 6.42 Å². The normalized spacial score (nSPS) is 11.5. The van der Waals surface area contributed by atoms with Gasteiger partial charge in [-0.1, -0.05) is 0 Å². The van der Waals surface area contributed by atoms with Crippen molar-refractivity contribution in [3.8, 4) is 0 Å². The summed E-state index contributed by atoms with van der Waals surface area (Å²) < 4.78 is 11.9. The molecule has 0 atom stereocenters. The minimum Gasteiger partial charge on any atom is -0.469 e. The Hall–Kier alpha value is -2.37. The van der Waals surface area contributed by atoms with Gasteiger partial charge in [-0.15, -0.1) is 0 Å². The van der Waals surface area contributed by atoms with Gasteiger partial charge in [0.1, 0.15) is 12.1 Å². The first-order valence-electron chi connectivity index (χ1n) is 7.52. The zero-order valence-corrected chi connectivity index (χ0v) is 14.0. The highest BCUT2D eigenvalue weighted by Crippen LogP contribution is 2.20. The van der Waals surface area contributed by atoms with E-state index in [2.05, 4.69) is 9.72 Å². The van der Waals surface area contributed by atoms with Crippen molar-refractivity contribution in [2.45, 2.75) is 45.8 Å². The van der Waals surface area contributed by atoms with E-state index in [9.17, 15) is 9.59 Å². The molecule has 0 fully saturated rings. The lowest BCUT2D eigenvalue weighted by Crippen LogP contribution is -2.27. The van der Waals surface area contributed by atoms with E-state index < -0.39 is 5.60 Å². The summed E-state index contributed by atoms with van der Waals surface area (Å²) in [6, 6.07) is 5.61. The van der Waals surface area contributed by atoms with Gasteiger partial charge >= 0.3 is 11.9 Å². The van der Waals surface area contributed by atoms with Crippen molar-refractivity contribution >= 4 is 23.0 Å². The van der Waals surface area contributed by atoms with Gasteiger partial charge in [0.2, 0.25) is 0 Å². The Morgan fingerprint density at radius 1 is 1.26 bits per heavy atom. The highest BCUT2D eigenvalue weighted by Gasteiger charge is 2.19. The largest absolute Gasteiger partial charge is 0.469 e. The average Bonchev–Trinajstić information content (AvgIpc) is 2.81. The molecule has 6 nitrogen and oxygen atoms in total. The third kappa shape index (κ3) is 4.55. The minimum absolute atomic E-state index is 0.0863. The van der Waals surface area contributed by atoms with Gasteiger partial charge in [-0.25, -0.2) is 0 Å². The molecule has 0 radical (unpaired) electrons. The molecule has 0 saturated carbocycles. The molecule has 0 spiro atoms. The number of methoxy groups -OCH3 is 1. The number of hydrogen-bond donors (Lipinski definition) is 0. The van der Waals surface area contributed by atoms with E-state index in [4.69, 9.17) is 4.74 Å². The second-order valence-electron chi connectivity index (χ2n) is 6.29. The molecular weight excluding hydrogens is 296 g/mol. The monoisotopic (exact) mass is 318 g/mol. The quantitative estimate of drug-likeness (QED) is 0.792. The van der Waals surface area contributed by atoms with Crippen LogP contribution in [0, 0.1) is 0 Å². The van der Waals surface area contributed by atoms with Crippen LogP contribution in [0.4, 0.5) is 0 Å². The predicted octanol–water partition coefficient (Wildman–Crippen LogP) is 2.48. The summed E-state index contributed by atoms with van der Waals surface area (Å²) in [5, 5.41) is 0. The third-order valence-corrected chi connectivity index (χ3v) is 3.28. The number of nitrogens with zero attached hydrogens (tertiary/aromatic N) is 2. The molecule has 0 aliphatic heterocycles. The molecule has 2 aromatic rings. The fourth-order valence-electron chi connectivity index (χ4n) is 2.37. The van der Waals surface area contributed by atoms with Crippen LogP contribution in [0.25, 0.3) is 11.0 Å². The molecule has 2 rings (SSSR count). The van der Waals surface area contributed by atoms with Crippen molar-refractivity contribution in [1.82, 2.24) is 9.55 Å². The molecule has 0 aliphatic carbocycles. The van der Waals surface area contributed by atoms with Gasteiger partial charge in [-0.3, -0.25) is 14.6 Å². The summed E-state index contributed by atoms with van der Waals surface area (Å²) in [6.07, 6.45) is 2.43. The lowest BCUT2D eigenvalue weighted by Gasteiger charge is -2.20. The summed E-state index contributed by atoms with van der Waals surface area (Å²) in [5.74, 6) is -0.606. The highest BCUT2D eigenvalue weighted by atomic mass is 16.6. The standard InChI is InChI=1S/C17H22N2O4/c1-17(2,3)23-16(21)11-19-12(7-8-15(20)22-4)10-13-14(19)6-5-9-18-13/h5-6,9-10H,7-8,11H2,1-4H3. The number of carbonyl (C=O) groups excluding carboxylic acids is 2. The molecule has 0 unspecified atom stereocenters. The molecule has 2 aromatic heterocycles. The summed E-state index contributed by atoms with van der Waals surface area (Å²) in [4.78, 5) is 27.8. The number of hydrogen-bond acceptors (Lipinski definition) is 5. The molecule has 0 amide bonds. The van der Waals surface area contributed by atoms with Gasteiger partial charge in [-0.2, -0.15) is 0 Å². The van der Waals surface area contributed by atoms with Crippen LogP contribution in [0.5, 0.6) is 0 Å². The Balaban J connectivity index is 2.27. The maximum absolute atomic E-state index is 12.2. The number of rotatable bonds is 5. The van der Waals surface area contributed by atoms with Crippen molar-refractivity contribution < 1.29 is 19.1 Å². The summed E-state index contributed by atoms with van der Waals surface area (Å²) in [5.41, 5.74) is 1.95. The van der Waals surface area contributed by atoms with Crippen molar-refractivity contribution in [2.75, 3.05) is 7.11 Å². The maximum atomic E-state index is 12.2. The van der Waals surface area contributed by atoms with E-state index in [1.807, 2.05) is 43.5 Å². The van der Waals surface area contributed by atoms with Crippen molar-refractivity contribution in [3.05, 3.63) is 30.1 Å². The lowest BCUT2D eigenvalue weighted by molar-refractivity contribution is -0.155. The maximum Gasteiger partial charge on any atom is 0.326 e. The van der Waals surface area contributed by atoms with E-state index in [1.54, 1.807) is 6.20 Å². The molecule has 2 heterocycles. The smallest absolute Gasteiger partial charge is 0.326 e.